The Hall–Kier alpha value is -2.25. The van der Waals surface area contributed by atoms with Gasteiger partial charge in [0, 0.05) is 37.8 Å². The molecule has 5 nitrogen and oxygen atoms in total. The van der Waals surface area contributed by atoms with Crippen LogP contribution >= 0.6 is 0 Å². The average molecular weight is 369 g/mol. The van der Waals surface area contributed by atoms with Crippen molar-refractivity contribution >= 4 is 11.9 Å². The summed E-state index contributed by atoms with van der Waals surface area (Å²) >= 11 is 0. The third kappa shape index (κ3) is 4.28. The molecule has 2 aliphatic heterocycles. The number of nitrogens with zero attached hydrogens (tertiary/aromatic N) is 2. The molecular weight excluding hydrogens is 347 g/mol. The maximum Gasteiger partial charge on any atom is 0.416 e. The second-order valence-corrected chi connectivity index (χ2v) is 6.81. The molecule has 1 atom stereocenters. The Bertz CT molecular complexity index is 655. The predicted molar refractivity (Wildman–Crippen MR) is 89.7 cm³/mol. The third-order valence-electron chi connectivity index (χ3n) is 4.88. The monoisotopic (exact) mass is 369 g/mol. The topological polar surface area (TPSA) is 52.7 Å². The Morgan fingerprint density at radius 2 is 1.58 bits per heavy atom. The van der Waals surface area contributed by atoms with Crippen LogP contribution in [0.3, 0.4) is 0 Å². The summed E-state index contributed by atoms with van der Waals surface area (Å²) in [5.74, 6) is -0.417. The van der Waals surface area contributed by atoms with Crippen LogP contribution in [-0.2, 0) is 6.18 Å². The fourth-order valence-electron chi connectivity index (χ4n) is 3.46. The second-order valence-electron chi connectivity index (χ2n) is 6.81. The third-order valence-corrected chi connectivity index (χ3v) is 4.88. The van der Waals surface area contributed by atoms with Crippen LogP contribution in [0.5, 0.6) is 0 Å². The highest BCUT2D eigenvalue weighted by Gasteiger charge is 2.31. The van der Waals surface area contributed by atoms with Crippen molar-refractivity contribution in [1.82, 2.24) is 15.1 Å². The number of alkyl halides is 3. The first-order valence-corrected chi connectivity index (χ1v) is 8.86. The van der Waals surface area contributed by atoms with Gasteiger partial charge in [0.2, 0.25) is 0 Å². The first-order valence-electron chi connectivity index (χ1n) is 8.86. The van der Waals surface area contributed by atoms with E-state index < -0.39 is 17.6 Å². The molecule has 1 unspecified atom stereocenters. The Morgan fingerprint density at radius 1 is 0.962 bits per heavy atom. The van der Waals surface area contributed by atoms with Crippen molar-refractivity contribution in [2.24, 2.45) is 0 Å². The molecule has 8 heteroatoms. The maximum atomic E-state index is 12.6. The van der Waals surface area contributed by atoms with E-state index in [2.05, 4.69) is 5.32 Å². The molecule has 0 spiro atoms. The van der Waals surface area contributed by atoms with Gasteiger partial charge in [-0.3, -0.25) is 4.79 Å². The van der Waals surface area contributed by atoms with E-state index in [-0.39, 0.29) is 17.6 Å². The van der Waals surface area contributed by atoms with E-state index in [1.165, 1.54) is 12.1 Å². The molecule has 0 radical (unpaired) electrons. The first-order chi connectivity index (χ1) is 12.3. The number of urea groups is 1. The van der Waals surface area contributed by atoms with Gasteiger partial charge in [-0.1, -0.05) is 0 Å². The van der Waals surface area contributed by atoms with E-state index in [0.29, 0.717) is 13.1 Å². The summed E-state index contributed by atoms with van der Waals surface area (Å²) in [5.41, 5.74) is -0.602. The van der Waals surface area contributed by atoms with E-state index in [0.717, 1.165) is 50.9 Å². The molecular formula is C18H22F3N3O2. The molecule has 2 fully saturated rings. The number of nitrogens with one attached hydrogen (secondary N) is 1. The minimum absolute atomic E-state index is 0.0102. The van der Waals surface area contributed by atoms with Crippen molar-refractivity contribution in [2.45, 2.75) is 37.9 Å². The molecule has 3 rings (SSSR count). The van der Waals surface area contributed by atoms with Crippen LogP contribution in [0.2, 0.25) is 0 Å². The van der Waals surface area contributed by atoms with Gasteiger partial charge in [-0.2, -0.15) is 13.2 Å². The number of hydrogen-bond donors (Lipinski definition) is 1. The molecule has 0 saturated carbocycles. The van der Waals surface area contributed by atoms with Gasteiger partial charge >= 0.3 is 12.2 Å². The lowest BCUT2D eigenvalue weighted by Gasteiger charge is -2.35. The molecule has 0 bridgehead atoms. The van der Waals surface area contributed by atoms with Gasteiger partial charge in [0.15, 0.2) is 0 Å². The van der Waals surface area contributed by atoms with E-state index >= 15 is 0 Å². The van der Waals surface area contributed by atoms with Gasteiger partial charge in [-0.15, -0.1) is 0 Å². The summed E-state index contributed by atoms with van der Waals surface area (Å²) in [4.78, 5) is 28.4. The summed E-state index contributed by atoms with van der Waals surface area (Å²) < 4.78 is 37.8. The maximum absolute atomic E-state index is 12.6. The van der Waals surface area contributed by atoms with E-state index in [9.17, 15) is 22.8 Å². The van der Waals surface area contributed by atoms with Crippen molar-refractivity contribution in [3.05, 3.63) is 35.4 Å². The molecule has 1 N–H and O–H groups in total. The van der Waals surface area contributed by atoms with Gasteiger partial charge in [0.25, 0.3) is 5.91 Å². The van der Waals surface area contributed by atoms with E-state index in [4.69, 9.17) is 0 Å². The van der Waals surface area contributed by atoms with Crippen LogP contribution in [0.4, 0.5) is 18.0 Å². The first kappa shape index (κ1) is 18.5. The lowest BCUT2D eigenvalue weighted by Crippen LogP contribution is -2.52. The number of benzene rings is 1. The Kier molecular flexibility index (Phi) is 5.38. The van der Waals surface area contributed by atoms with Crippen LogP contribution in [-0.4, -0.2) is 54.0 Å². The van der Waals surface area contributed by atoms with Gasteiger partial charge in [-0.25, -0.2) is 4.79 Å². The molecule has 142 valence electrons. The van der Waals surface area contributed by atoms with Crippen molar-refractivity contribution in [1.29, 1.82) is 0 Å². The fraction of sp³-hybridized carbons (Fsp3) is 0.556. The summed E-state index contributed by atoms with van der Waals surface area (Å²) in [7, 11) is 0. The summed E-state index contributed by atoms with van der Waals surface area (Å²) in [6.07, 6.45) is -0.843. The molecule has 0 aromatic heterocycles. The van der Waals surface area contributed by atoms with E-state index in [1.807, 2.05) is 4.90 Å². The zero-order valence-electron chi connectivity index (χ0n) is 14.4. The standard InChI is InChI=1S/C18H22F3N3O2/c19-18(20,21)14-7-5-13(6-8-14)16(25)22-15-4-3-11-24(12-15)17(26)23-9-1-2-10-23/h5-8,15H,1-4,9-12H2,(H,22,25). The lowest BCUT2D eigenvalue weighted by atomic mass is 10.0. The fourth-order valence-corrected chi connectivity index (χ4v) is 3.46. The molecule has 1 aromatic carbocycles. The molecule has 2 aliphatic rings. The summed E-state index contributed by atoms with van der Waals surface area (Å²) in [6.45, 7) is 2.65. The van der Waals surface area contributed by atoms with Crippen LogP contribution in [0.25, 0.3) is 0 Å². The second kappa shape index (κ2) is 7.55. The van der Waals surface area contributed by atoms with Crippen molar-refractivity contribution in [3.8, 4) is 0 Å². The number of piperidine rings is 1. The molecule has 2 saturated heterocycles. The zero-order valence-corrected chi connectivity index (χ0v) is 14.4. The number of carbonyl (C=O) groups is 2. The minimum Gasteiger partial charge on any atom is -0.348 e. The zero-order chi connectivity index (χ0) is 18.7. The predicted octanol–water partition coefficient (Wildman–Crippen LogP) is 3.12. The van der Waals surface area contributed by atoms with Gasteiger partial charge in [-0.05, 0) is 49.9 Å². The average Bonchev–Trinajstić information content (AvgIpc) is 3.15. The highest BCUT2D eigenvalue weighted by molar-refractivity contribution is 5.94. The number of carbonyl (C=O) groups excluding carboxylic acids is 2. The van der Waals surface area contributed by atoms with Crippen molar-refractivity contribution in [3.63, 3.8) is 0 Å². The Labute approximate surface area is 150 Å². The normalized spacial score (nSPS) is 21.0. The largest absolute Gasteiger partial charge is 0.416 e. The van der Waals surface area contributed by atoms with Crippen molar-refractivity contribution in [2.75, 3.05) is 26.2 Å². The van der Waals surface area contributed by atoms with Crippen LogP contribution < -0.4 is 5.32 Å². The summed E-state index contributed by atoms with van der Waals surface area (Å²) in [6, 6.07) is 3.97. The molecule has 0 aliphatic carbocycles. The number of likely N-dealkylation sites (tertiary alicyclic amines) is 2. The smallest absolute Gasteiger partial charge is 0.348 e. The lowest BCUT2D eigenvalue weighted by molar-refractivity contribution is -0.137. The number of hydrogen-bond acceptors (Lipinski definition) is 2. The SMILES string of the molecule is O=C(NC1CCCN(C(=O)N2CCCC2)C1)c1ccc(C(F)(F)F)cc1. The number of rotatable bonds is 2. The quantitative estimate of drug-likeness (QED) is 0.871. The number of halogens is 3. The molecule has 1 aromatic rings. The Morgan fingerprint density at radius 3 is 2.19 bits per heavy atom. The van der Waals surface area contributed by atoms with Crippen LogP contribution in [0.1, 0.15) is 41.6 Å². The Balaban J connectivity index is 1.57. The van der Waals surface area contributed by atoms with Crippen LogP contribution in [0.15, 0.2) is 24.3 Å². The molecule has 26 heavy (non-hydrogen) atoms. The minimum atomic E-state index is -4.42. The van der Waals surface area contributed by atoms with Gasteiger partial charge in [0.05, 0.1) is 5.56 Å². The van der Waals surface area contributed by atoms with Crippen molar-refractivity contribution < 1.29 is 22.8 Å². The number of amides is 3. The van der Waals surface area contributed by atoms with E-state index in [1.54, 1.807) is 4.90 Å². The molecule has 3 amide bonds. The highest BCUT2D eigenvalue weighted by atomic mass is 19.4. The molecule has 2 heterocycles. The van der Waals surface area contributed by atoms with Gasteiger partial charge < -0.3 is 15.1 Å². The van der Waals surface area contributed by atoms with Crippen LogP contribution in [0, 0.1) is 0 Å². The highest BCUT2D eigenvalue weighted by Crippen LogP contribution is 2.29. The summed E-state index contributed by atoms with van der Waals surface area (Å²) in [5, 5.41) is 2.84. The van der Waals surface area contributed by atoms with Gasteiger partial charge in [0.1, 0.15) is 0 Å².